The molecule has 0 amide bonds. The summed E-state index contributed by atoms with van der Waals surface area (Å²) in [7, 11) is -3.56. The molecular weight excluding hydrogens is 382 g/mol. The van der Waals surface area contributed by atoms with Crippen molar-refractivity contribution in [3.05, 3.63) is 89.2 Å². The lowest BCUT2D eigenvalue weighted by atomic mass is 10.1. The number of rotatable bonds is 7. The quantitative estimate of drug-likeness (QED) is 0.615. The Morgan fingerprint density at radius 1 is 1.07 bits per heavy atom. The summed E-state index contributed by atoms with van der Waals surface area (Å²) < 4.78 is 28.6. The van der Waals surface area contributed by atoms with Crippen LogP contribution in [-0.4, -0.2) is 13.4 Å². The van der Waals surface area contributed by atoms with Crippen molar-refractivity contribution >= 4 is 15.7 Å². The van der Waals surface area contributed by atoms with E-state index < -0.39 is 10.0 Å². The van der Waals surface area contributed by atoms with Crippen LogP contribution in [0, 0.1) is 0 Å². The van der Waals surface area contributed by atoms with E-state index in [1.54, 1.807) is 18.3 Å². The Labute approximate surface area is 172 Å². The van der Waals surface area contributed by atoms with Gasteiger partial charge in [-0.25, -0.2) is 13.1 Å². The normalized spacial score (nSPS) is 15.8. The van der Waals surface area contributed by atoms with Gasteiger partial charge >= 0.3 is 0 Å². The second-order valence-corrected chi connectivity index (χ2v) is 9.01. The van der Waals surface area contributed by atoms with Crippen LogP contribution in [0.1, 0.15) is 41.8 Å². The summed E-state index contributed by atoms with van der Waals surface area (Å²) in [6, 6.07) is 18.9. The first-order valence-corrected chi connectivity index (χ1v) is 11.4. The third-order valence-corrected chi connectivity index (χ3v) is 6.85. The van der Waals surface area contributed by atoms with Gasteiger partial charge in [-0.15, -0.1) is 0 Å². The number of aromatic nitrogens is 1. The molecule has 1 aliphatic carbocycles. The molecule has 1 aromatic heterocycles. The summed E-state index contributed by atoms with van der Waals surface area (Å²) in [5.74, 6) is 0. The van der Waals surface area contributed by atoms with E-state index in [1.807, 2.05) is 36.4 Å². The first-order valence-electron chi connectivity index (χ1n) is 9.93. The number of sulfonamides is 1. The first-order chi connectivity index (χ1) is 14.0. The van der Waals surface area contributed by atoms with Crippen LogP contribution in [0.2, 0.25) is 0 Å². The highest BCUT2D eigenvalue weighted by Crippen LogP contribution is 2.34. The summed E-state index contributed by atoms with van der Waals surface area (Å²) >= 11 is 0. The lowest BCUT2D eigenvalue weighted by Gasteiger charge is -2.16. The van der Waals surface area contributed by atoms with E-state index in [1.165, 1.54) is 5.56 Å². The zero-order valence-corrected chi connectivity index (χ0v) is 17.2. The summed E-state index contributed by atoms with van der Waals surface area (Å²) in [4.78, 5) is 4.63. The van der Waals surface area contributed by atoms with E-state index in [9.17, 15) is 8.42 Å². The van der Waals surface area contributed by atoms with E-state index >= 15 is 0 Å². The van der Waals surface area contributed by atoms with Crippen molar-refractivity contribution in [3.8, 4) is 0 Å². The highest BCUT2D eigenvalue weighted by molar-refractivity contribution is 7.89. The molecule has 2 N–H and O–H groups in total. The molecule has 0 bridgehead atoms. The first kappa shape index (κ1) is 19.6. The van der Waals surface area contributed by atoms with Gasteiger partial charge in [0.25, 0.3) is 0 Å². The van der Waals surface area contributed by atoms with Crippen LogP contribution in [0.3, 0.4) is 0 Å². The van der Waals surface area contributed by atoms with Crippen molar-refractivity contribution in [2.24, 2.45) is 0 Å². The molecule has 1 atom stereocenters. The van der Waals surface area contributed by atoms with Gasteiger partial charge < -0.3 is 5.32 Å². The Balaban J connectivity index is 1.49. The molecule has 0 radical (unpaired) electrons. The molecule has 0 fully saturated rings. The molecule has 0 saturated carbocycles. The molecule has 6 heteroatoms. The van der Waals surface area contributed by atoms with Gasteiger partial charge in [0, 0.05) is 17.9 Å². The second kappa shape index (κ2) is 8.35. The predicted molar refractivity (Wildman–Crippen MR) is 115 cm³/mol. The summed E-state index contributed by atoms with van der Waals surface area (Å²) in [6.45, 7) is 2.68. The number of fused-ring (bicyclic) bond motifs is 1. The number of pyridine rings is 1. The number of hydrogen-bond donors (Lipinski definition) is 2. The van der Waals surface area contributed by atoms with Crippen LogP contribution in [-0.2, 0) is 29.4 Å². The molecule has 1 aliphatic rings. The number of nitrogens with zero attached hydrogens (tertiary/aromatic N) is 1. The van der Waals surface area contributed by atoms with Crippen molar-refractivity contribution in [2.45, 2.75) is 43.7 Å². The molecule has 1 heterocycles. The van der Waals surface area contributed by atoms with Crippen LogP contribution in [0.4, 0.5) is 5.69 Å². The van der Waals surface area contributed by atoms with Gasteiger partial charge in [0.2, 0.25) is 10.0 Å². The summed E-state index contributed by atoms with van der Waals surface area (Å²) in [5, 5.41) is 3.38. The molecular formula is C23H25N3O2S. The minimum Gasteiger partial charge on any atom is -0.379 e. The molecule has 5 nitrogen and oxygen atoms in total. The van der Waals surface area contributed by atoms with Crippen molar-refractivity contribution in [3.63, 3.8) is 0 Å². The Bertz CT molecular complexity index is 1080. The van der Waals surface area contributed by atoms with Crippen LogP contribution in [0.25, 0.3) is 0 Å². The van der Waals surface area contributed by atoms with Gasteiger partial charge in [-0.05, 0) is 72.4 Å². The van der Waals surface area contributed by atoms with Gasteiger partial charge in [-0.2, -0.15) is 0 Å². The molecule has 2 aromatic carbocycles. The highest BCUT2D eigenvalue weighted by atomic mass is 32.2. The third-order valence-electron chi connectivity index (χ3n) is 5.36. The monoisotopic (exact) mass is 407 g/mol. The Hall–Kier alpha value is -2.70. The molecule has 29 heavy (non-hydrogen) atoms. The molecule has 0 saturated heterocycles. The molecule has 3 aromatic rings. The maximum absolute atomic E-state index is 12.9. The average molecular weight is 408 g/mol. The van der Waals surface area contributed by atoms with E-state index in [2.05, 4.69) is 34.1 Å². The van der Waals surface area contributed by atoms with E-state index in [-0.39, 0.29) is 6.04 Å². The zero-order valence-electron chi connectivity index (χ0n) is 16.4. The Kier molecular flexibility index (Phi) is 5.65. The average Bonchev–Trinajstić information content (AvgIpc) is 3.14. The maximum Gasteiger partial charge on any atom is 0.241 e. The van der Waals surface area contributed by atoms with Gasteiger partial charge in [0.15, 0.2) is 0 Å². The smallest absolute Gasteiger partial charge is 0.241 e. The van der Waals surface area contributed by atoms with Crippen LogP contribution in [0.15, 0.2) is 71.8 Å². The fraction of sp³-hybridized carbons (Fsp3) is 0.261. The number of hydrogen-bond acceptors (Lipinski definition) is 4. The highest BCUT2D eigenvalue weighted by Gasteiger charge is 2.27. The molecule has 0 spiro atoms. The fourth-order valence-corrected chi connectivity index (χ4v) is 4.94. The van der Waals surface area contributed by atoms with Crippen LogP contribution >= 0.6 is 0 Å². The van der Waals surface area contributed by atoms with Gasteiger partial charge in [-0.3, -0.25) is 4.98 Å². The standard InChI is InChI=1S/C23H25N3O2S/c1-2-17-6-11-21(12-7-17)29(27,28)26-23-13-9-18-8-10-19(15-22(18)23)25-16-20-5-3-4-14-24-20/h3-8,10-12,14-15,23,25-26H,2,9,13,16H2,1H3. The molecule has 0 aliphatic heterocycles. The molecule has 1 unspecified atom stereocenters. The number of aryl methyl sites for hydroxylation is 2. The largest absolute Gasteiger partial charge is 0.379 e. The summed E-state index contributed by atoms with van der Waals surface area (Å²) in [5.41, 5.74) is 5.29. The third kappa shape index (κ3) is 4.49. The Morgan fingerprint density at radius 2 is 1.90 bits per heavy atom. The van der Waals surface area contributed by atoms with E-state index in [0.717, 1.165) is 41.8 Å². The Morgan fingerprint density at radius 3 is 2.62 bits per heavy atom. The van der Waals surface area contributed by atoms with Gasteiger partial charge in [-0.1, -0.05) is 31.2 Å². The lowest BCUT2D eigenvalue weighted by Crippen LogP contribution is -2.27. The minimum absolute atomic E-state index is 0.211. The van der Waals surface area contributed by atoms with Crippen molar-refractivity contribution in [1.82, 2.24) is 9.71 Å². The fourth-order valence-electron chi connectivity index (χ4n) is 3.69. The maximum atomic E-state index is 12.9. The lowest BCUT2D eigenvalue weighted by molar-refractivity contribution is 0.554. The van der Waals surface area contributed by atoms with Crippen molar-refractivity contribution in [1.29, 1.82) is 0 Å². The van der Waals surface area contributed by atoms with Gasteiger partial charge in [0.05, 0.1) is 17.1 Å². The number of benzene rings is 2. The van der Waals surface area contributed by atoms with Crippen LogP contribution < -0.4 is 10.0 Å². The number of nitrogens with one attached hydrogen (secondary N) is 2. The second-order valence-electron chi connectivity index (χ2n) is 7.30. The van der Waals surface area contributed by atoms with E-state index in [4.69, 9.17) is 0 Å². The zero-order chi connectivity index (χ0) is 20.3. The topological polar surface area (TPSA) is 71.1 Å². The molecule has 4 rings (SSSR count). The van der Waals surface area contributed by atoms with Crippen molar-refractivity contribution in [2.75, 3.05) is 5.32 Å². The van der Waals surface area contributed by atoms with Crippen molar-refractivity contribution < 1.29 is 8.42 Å². The SMILES string of the molecule is CCc1ccc(S(=O)(=O)NC2CCc3ccc(NCc4ccccn4)cc32)cc1. The number of anilines is 1. The van der Waals surface area contributed by atoms with Gasteiger partial charge in [0.1, 0.15) is 0 Å². The van der Waals surface area contributed by atoms with E-state index in [0.29, 0.717) is 11.4 Å². The minimum atomic E-state index is -3.56. The predicted octanol–water partition coefficient (Wildman–Crippen LogP) is 4.22. The summed E-state index contributed by atoms with van der Waals surface area (Å²) in [6.07, 6.45) is 4.30. The van der Waals surface area contributed by atoms with Crippen LogP contribution in [0.5, 0.6) is 0 Å². The molecule has 150 valence electrons.